The van der Waals surface area contributed by atoms with Crippen molar-refractivity contribution in [3.63, 3.8) is 0 Å². The Hall–Kier alpha value is -3.10. The van der Waals surface area contributed by atoms with E-state index in [4.69, 9.17) is 27.5 Å². The van der Waals surface area contributed by atoms with Gasteiger partial charge in [0.1, 0.15) is 5.82 Å². The molecular formula is C18H23N7O. The summed E-state index contributed by atoms with van der Waals surface area (Å²) < 4.78 is 5.35. The summed E-state index contributed by atoms with van der Waals surface area (Å²) >= 11 is 0. The molecule has 26 heavy (non-hydrogen) atoms. The summed E-state index contributed by atoms with van der Waals surface area (Å²) in [4.78, 5) is 6.61. The summed E-state index contributed by atoms with van der Waals surface area (Å²) in [6.07, 6.45) is 3.16. The van der Waals surface area contributed by atoms with Gasteiger partial charge in [0.15, 0.2) is 0 Å². The van der Waals surface area contributed by atoms with Gasteiger partial charge in [-0.05, 0) is 18.2 Å². The highest BCUT2D eigenvalue weighted by molar-refractivity contribution is 6.13. The summed E-state index contributed by atoms with van der Waals surface area (Å²) in [5.41, 5.74) is 14.0. The molecule has 0 saturated carbocycles. The number of hydrogen-bond donors (Lipinski definition) is 4. The van der Waals surface area contributed by atoms with E-state index in [1.807, 2.05) is 24.3 Å². The number of hydrogen-bond acceptors (Lipinski definition) is 8. The molecule has 1 aliphatic rings. The molecule has 7 N–H and O–H groups in total. The summed E-state index contributed by atoms with van der Waals surface area (Å²) in [6.45, 7) is 3.05. The predicted molar refractivity (Wildman–Crippen MR) is 104 cm³/mol. The van der Waals surface area contributed by atoms with E-state index in [1.165, 1.54) is 11.2 Å². The minimum Gasteiger partial charge on any atom is -0.398 e. The van der Waals surface area contributed by atoms with Gasteiger partial charge < -0.3 is 21.1 Å². The van der Waals surface area contributed by atoms with Crippen molar-refractivity contribution in [3.8, 4) is 0 Å². The number of anilines is 3. The molecule has 8 nitrogen and oxygen atoms in total. The Balaban J connectivity index is 1.72. The molecule has 0 unspecified atom stereocenters. The largest absolute Gasteiger partial charge is 0.398 e. The van der Waals surface area contributed by atoms with Gasteiger partial charge in [-0.25, -0.2) is 10.8 Å². The third-order valence-electron chi connectivity index (χ3n) is 4.16. The number of nitrogens with two attached hydrogens (primary N) is 3. The van der Waals surface area contributed by atoms with Gasteiger partial charge in [0.2, 0.25) is 0 Å². The molecule has 0 radical (unpaired) electrons. The zero-order chi connectivity index (χ0) is 18.5. The first-order valence-electron chi connectivity index (χ1n) is 8.30. The molecule has 3 rings (SSSR count). The van der Waals surface area contributed by atoms with Crippen molar-refractivity contribution in [1.82, 2.24) is 4.98 Å². The number of rotatable bonds is 5. The van der Waals surface area contributed by atoms with E-state index in [0.717, 1.165) is 18.9 Å². The highest BCUT2D eigenvalue weighted by Crippen LogP contribution is 2.18. The monoisotopic (exact) mass is 353 g/mol. The van der Waals surface area contributed by atoms with E-state index >= 15 is 0 Å². The number of benzene rings is 1. The zero-order valence-corrected chi connectivity index (χ0v) is 14.4. The molecular weight excluding hydrogens is 330 g/mol. The lowest BCUT2D eigenvalue weighted by Crippen LogP contribution is -2.36. The lowest BCUT2D eigenvalue weighted by atomic mass is 10.1. The molecule has 2 heterocycles. The van der Waals surface area contributed by atoms with Gasteiger partial charge in [-0.1, -0.05) is 18.2 Å². The molecule has 1 fully saturated rings. The van der Waals surface area contributed by atoms with Crippen LogP contribution in [0.25, 0.3) is 0 Å². The van der Waals surface area contributed by atoms with Crippen LogP contribution in [-0.2, 0) is 4.74 Å². The van der Waals surface area contributed by atoms with Gasteiger partial charge in [-0.2, -0.15) is 0 Å². The molecule has 1 saturated heterocycles. The van der Waals surface area contributed by atoms with Crippen LogP contribution in [0.15, 0.2) is 54.5 Å². The van der Waals surface area contributed by atoms with Crippen molar-refractivity contribution >= 4 is 22.9 Å². The fourth-order valence-corrected chi connectivity index (χ4v) is 2.68. The molecule has 1 aromatic carbocycles. The summed E-state index contributed by atoms with van der Waals surface area (Å²) in [7, 11) is 0. The zero-order valence-electron chi connectivity index (χ0n) is 14.4. The first kappa shape index (κ1) is 17.7. The number of pyridine rings is 1. The summed E-state index contributed by atoms with van der Waals surface area (Å²) in [6, 6.07) is 10.9. The second-order valence-electron chi connectivity index (χ2n) is 5.93. The number of allylic oxidation sites excluding steroid dienone is 1. The fourth-order valence-electron chi connectivity index (χ4n) is 2.68. The van der Waals surface area contributed by atoms with Gasteiger partial charge in [0, 0.05) is 30.5 Å². The molecule has 136 valence electrons. The van der Waals surface area contributed by atoms with Crippen LogP contribution in [0, 0.1) is 5.41 Å². The quantitative estimate of drug-likeness (QED) is 0.273. The molecule has 1 aromatic heterocycles. The van der Waals surface area contributed by atoms with Crippen LogP contribution in [0.4, 0.5) is 17.2 Å². The number of nitrogens with one attached hydrogen (secondary N) is 1. The Morgan fingerprint density at radius 1 is 1.19 bits per heavy atom. The number of ether oxygens (including phenoxy) is 1. The maximum atomic E-state index is 8.21. The van der Waals surface area contributed by atoms with E-state index in [9.17, 15) is 0 Å². The summed E-state index contributed by atoms with van der Waals surface area (Å²) in [5, 5.41) is 9.56. The minimum atomic E-state index is 0.122. The van der Waals surface area contributed by atoms with Crippen LogP contribution in [-0.4, -0.2) is 37.0 Å². The maximum Gasteiger partial charge on any atom is 0.128 e. The predicted octanol–water partition coefficient (Wildman–Crippen LogP) is 1.05. The average Bonchev–Trinajstić information content (AvgIpc) is 2.68. The van der Waals surface area contributed by atoms with E-state index in [-0.39, 0.29) is 11.4 Å². The van der Waals surface area contributed by atoms with Gasteiger partial charge in [0.05, 0.1) is 36.5 Å². The molecule has 8 heteroatoms. The number of para-hydroxylation sites is 1. The normalized spacial score (nSPS) is 15.0. The Morgan fingerprint density at radius 3 is 2.58 bits per heavy atom. The molecule has 0 amide bonds. The van der Waals surface area contributed by atoms with Gasteiger partial charge >= 0.3 is 0 Å². The van der Waals surface area contributed by atoms with Gasteiger partial charge in [0.25, 0.3) is 0 Å². The Morgan fingerprint density at radius 2 is 1.92 bits per heavy atom. The second kappa shape index (κ2) is 7.85. The third-order valence-corrected chi connectivity index (χ3v) is 4.16. The molecule has 0 bridgehead atoms. The molecule has 0 aliphatic carbocycles. The standard InChI is InChI=1S/C18H23N7O/c19-15-4-2-1-3-14(15)18(21)16(20)12-25(22)13-5-6-17(23-11-13)24-7-9-26-10-8-24/h1-6,11-12,21H,7-10,19-20,22H2/b16-12-,21-18?. The second-order valence-corrected chi connectivity index (χ2v) is 5.93. The Bertz CT molecular complexity index is 797. The first-order chi connectivity index (χ1) is 12.6. The van der Waals surface area contributed by atoms with E-state index in [1.54, 1.807) is 18.3 Å². The Kier molecular flexibility index (Phi) is 5.35. The SMILES string of the molecule is N=C(/C(N)=C/N(N)c1ccc(N2CCOCC2)nc1)c1ccccc1N. The van der Waals surface area contributed by atoms with Crippen LogP contribution >= 0.6 is 0 Å². The third kappa shape index (κ3) is 3.93. The van der Waals surface area contributed by atoms with Gasteiger partial charge in [-0.3, -0.25) is 10.4 Å². The van der Waals surface area contributed by atoms with Crippen LogP contribution in [0.1, 0.15) is 5.56 Å². The highest BCUT2D eigenvalue weighted by Gasteiger charge is 2.13. The smallest absolute Gasteiger partial charge is 0.128 e. The lowest BCUT2D eigenvalue weighted by molar-refractivity contribution is 0.122. The van der Waals surface area contributed by atoms with Crippen LogP contribution in [0.2, 0.25) is 0 Å². The van der Waals surface area contributed by atoms with Crippen molar-refractivity contribution in [2.45, 2.75) is 0 Å². The van der Waals surface area contributed by atoms with Crippen molar-refractivity contribution in [2.24, 2.45) is 11.6 Å². The number of hydrazine groups is 1. The van der Waals surface area contributed by atoms with Gasteiger partial charge in [-0.15, -0.1) is 0 Å². The molecule has 2 aromatic rings. The van der Waals surface area contributed by atoms with Crippen molar-refractivity contribution in [2.75, 3.05) is 41.9 Å². The summed E-state index contributed by atoms with van der Waals surface area (Å²) in [5.74, 6) is 6.94. The van der Waals surface area contributed by atoms with Crippen molar-refractivity contribution in [3.05, 3.63) is 60.1 Å². The fraction of sp³-hybridized carbons (Fsp3) is 0.222. The maximum absolute atomic E-state index is 8.21. The number of nitrogen functional groups attached to an aromatic ring is 1. The Labute approximate surface area is 152 Å². The average molecular weight is 353 g/mol. The topological polar surface area (TPSA) is 131 Å². The number of nitrogens with zero attached hydrogens (tertiary/aromatic N) is 3. The van der Waals surface area contributed by atoms with E-state index < -0.39 is 0 Å². The number of morpholine rings is 1. The minimum absolute atomic E-state index is 0.122. The highest BCUT2D eigenvalue weighted by atomic mass is 16.5. The molecule has 0 atom stereocenters. The van der Waals surface area contributed by atoms with Crippen LogP contribution in [0.5, 0.6) is 0 Å². The molecule has 1 aliphatic heterocycles. The van der Waals surface area contributed by atoms with Crippen molar-refractivity contribution in [1.29, 1.82) is 5.41 Å². The van der Waals surface area contributed by atoms with E-state index in [0.29, 0.717) is 30.2 Å². The van der Waals surface area contributed by atoms with E-state index in [2.05, 4.69) is 9.88 Å². The van der Waals surface area contributed by atoms with Crippen LogP contribution in [0.3, 0.4) is 0 Å². The lowest BCUT2D eigenvalue weighted by Gasteiger charge is -2.28. The number of aromatic nitrogens is 1. The molecule has 0 spiro atoms. The van der Waals surface area contributed by atoms with Crippen molar-refractivity contribution < 1.29 is 4.74 Å². The van der Waals surface area contributed by atoms with Crippen LogP contribution < -0.4 is 27.2 Å². The first-order valence-corrected chi connectivity index (χ1v) is 8.30.